The van der Waals surface area contributed by atoms with Crippen LogP contribution in [0.3, 0.4) is 0 Å². The average molecular weight is 400 g/mol. The number of carbonyl (C=O) groups excluding carboxylic acids is 1. The zero-order valence-corrected chi connectivity index (χ0v) is 16.1. The highest BCUT2D eigenvalue weighted by atomic mass is 35.5. The number of rotatable bonds is 5. The minimum Gasteiger partial charge on any atom is -0.411 e. The first-order valence-corrected chi connectivity index (χ1v) is 9.98. The van der Waals surface area contributed by atoms with Crippen molar-refractivity contribution in [2.24, 2.45) is 5.92 Å². The molecule has 3 rings (SSSR count). The Morgan fingerprint density at radius 3 is 2.88 bits per heavy atom. The molecule has 5 nitrogen and oxygen atoms in total. The van der Waals surface area contributed by atoms with Crippen molar-refractivity contribution in [3.05, 3.63) is 28.2 Å². The topological polar surface area (TPSA) is 68.0 Å². The fourth-order valence-corrected chi connectivity index (χ4v) is 4.01. The summed E-state index contributed by atoms with van der Waals surface area (Å²) in [5, 5.41) is 12.4. The van der Waals surface area contributed by atoms with Gasteiger partial charge in [0, 0.05) is 11.1 Å². The molecular weight excluding hydrogens is 381 g/mol. The van der Waals surface area contributed by atoms with Gasteiger partial charge in [-0.2, -0.15) is 0 Å². The Hall–Kier alpha value is -1.24. The largest absolute Gasteiger partial charge is 0.411 e. The second-order valence-corrected chi connectivity index (χ2v) is 7.99. The first kappa shape index (κ1) is 18.5. The Morgan fingerprint density at radius 2 is 2.12 bits per heavy atom. The lowest BCUT2D eigenvalue weighted by Gasteiger charge is -2.29. The van der Waals surface area contributed by atoms with Crippen LogP contribution >= 0.6 is 35.0 Å². The summed E-state index contributed by atoms with van der Waals surface area (Å²) in [5.74, 6) is 1.09. The molecule has 0 bridgehead atoms. The molecule has 8 heteroatoms. The Balaban J connectivity index is 1.55. The molecule has 1 aliphatic carbocycles. The summed E-state index contributed by atoms with van der Waals surface area (Å²) in [6.07, 6.45) is 4.65. The maximum atomic E-state index is 12.1. The minimum absolute atomic E-state index is 0.00646. The van der Waals surface area contributed by atoms with Crippen molar-refractivity contribution in [3.63, 3.8) is 0 Å². The van der Waals surface area contributed by atoms with E-state index in [1.807, 2.05) is 0 Å². The number of nitrogens with one attached hydrogen (secondary N) is 1. The van der Waals surface area contributed by atoms with Gasteiger partial charge in [0.05, 0.1) is 16.3 Å². The number of hydrogen-bond donors (Lipinski definition) is 1. The molecule has 0 saturated heterocycles. The van der Waals surface area contributed by atoms with Gasteiger partial charge in [-0.1, -0.05) is 54.7 Å². The number of hydrogen-bond acceptors (Lipinski definition) is 5. The molecule has 0 radical (unpaired) electrons. The molecule has 0 spiro atoms. The third kappa shape index (κ3) is 4.90. The third-order valence-electron chi connectivity index (χ3n) is 4.35. The summed E-state index contributed by atoms with van der Waals surface area (Å²) in [4.78, 5) is 12.1. The van der Waals surface area contributed by atoms with Crippen LogP contribution in [0.1, 0.15) is 32.6 Å². The number of benzene rings is 1. The van der Waals surface area contributed by atoms with Gasteiger partial charge in [0.1, 0.15) is 0 Å². The molecule has 1 aliphatic rings. The molecule has 1 aromatic carbocycles. The number of nitrogens with zero attached hydrogens (tertiary/aromatic N) is 2. The molecule has 0 unspecified atom stereocenters. The molecule has 1 heterocycles. The predicted octanol–water partition coefficient (Wildman–Crippen LogP) is 4.83. The number of halogens is 2. The summed E-state index contributed by atoms with van der Waals surface area (Å²) in [6.45, 7) is 2.19. The smallest absolute Gasteiger partial charge is 0.277 e. The van der Waals surface area contributed by atoms with Crippen LogP contribution in [0.2, 0.25) is 10.0 Å². The van der Waals surface area contributed by atoms with E-state index in [4.69, 9.17) is 27.6 Å². The van der Waals surface area contributed by atoms with E-state index in [0.29, 0.717) is 32.6 Å². The number of aromatic nitrogens is 2. The Labute approximate surface area is 160 Å². The Kier molecular flexibility index (Phi) is 6.25. The van der Waals surface area contributed by atoms with Gasteiger partial charge in [0.15, 0.2) is 0 Å². The van der Waals surface area contributed by atoms with Crippen molar-refractivity contribution in [2.45, 2.75) is 43.9 Å². The summed E-state index contributed by atoms with van der Waals surface area (Å²) < 4.78 is 5.59. The molecule has 0 aliphatic heterocycles. The molecule has 1 aromatic heterocycles. The highest BCUT2D eigenvalue weighted by Crippen LogP contribution is 2.31. The summed E-state index contributed by atoms with van der Waals surface area (Å²) in [5.41, 5.74) is 0.617. The maximum Gasteiger partial charge on any atom is 0.277 e. The van der Waals surface area contributed by atoms with Gasteiger partial charge in [-0.05, 0) is 37.0 Å². The lowest BCUT2D eigenvalue weighted by atomic mass is 9.86. The molecule has 1 amide bonds. The van der Waals surface area contributed by atoms with Crippen LogP contribution in [0, 0.1) is 5.92 Å². The highest BCUT2D eigenvalue weighted by Gasteiger charge is 2.23. The van der Waals surface area contributed by atoms with Gasteiger partial charge in [-0.25, -0.2) is 0 Å². The number of carbonyl (C=O) groups is 1. The second kappa shape index (κ2) is 8.43. The van der Waals surface area contributed by atoms with E-state index in [2.05, 4.69) is 22.4 Å². The first-order valence-electron chi connectivity index (χ1n) is 8.24. The lowest BCUT2D eigenvalue weighted by Crippen LogP contribution is -2.41. The zero-order valence-electron chi connectivity index (χ0n) is 13.8. The van der Waals surface area contributed by atoms with Gasteiger partial charge in [-0.3, -0.25) is 4.79 Å². The molecular formula is C17H19Cl2N3O2S. The predicted molar refractivity (Wildman–Crippen MR) is 100 cm³/mol. The van der Waals surface area contributed by atoms with Crippen LogP contribution < -0.4 is 5.32 Å². The van der Waals surface area contributed by atoms with Gasteiger partial charge in [0.2, 0.25) is 11.8 Å². The lowest BCUT2D eigenvalue weighted by molar-refractivity contribution is -0.119. The average Bonchev–Trinajstić information content (AvgIpc) is 3.04. The van der Waals surface area contributed by atoms with E-state index < -0.39 is 0 Å². The van der Waals surface area contributed by atoms with Crippen molar-refractivity contribution < 1.29 is 9.21 Å². The summed E-state index contributed by atoms with van der Waals surface area (Å²) >= 11 is 13.2. The van der Waals surface area contributed by atoms with Crippen LogP contribution in [0.5, 0.6) is 0 Å². The van der Waals surface area contributed by atoms with Crippen LogP contribution in [-0.4, -0.2) is 27.9 Å². The maximum absolute atomic E-state index is 12.1. The summed E-state index contributed by atoms with van der Waals surface area (Å²) in [7, 11) is 0. The minimum atomic E-state index is -0.00646. The quantitative estimate of drug-likeness (QED) is 0.728. The number of thioether (sulfide) groups is 1. The van der Waals surface area contributed by atoms with Gasteiger partial charge >= 0.3 is 0 Å². The third-order valence-corrected chi connectivity index (χ3v) is 5.72. The van der Waals surface area contributed by atoms with Crippen molar-refractivity contribution in [1.82, 2.24) is 15.5 Å². The van der Waals surface area contributed by atoms with Gasteiger partial charge in [-0.15, -0.1) is 10.2 Å². The van der Waals surface area contributed by atoms with Crippen LogP contribution in [0.4, 0.5) is 0 Å². The van der Waals surface area contributed by atoms with E-state index in [-0.39, 0.29) is 17.7 Å². The van der Waals surface area contributed by atoms with Crippen LogP contribution in [-0.2, 0) is 4.79 Å². The van der Waals surface area contributed by atoms with Gasteiger partial charge < -0.3 is 9.73 Å². The van der Waals surface area contributed by atoms with E-state index in [1.165, 1.54) is 31.0 Å². The Bertz CT molecular complexity index is 753. The molecule has 134 valence electrons. The normalized spacial score (nSPS) is 20.4. The van der Waals surface area contributed by atoms with Crippen molar-refractivity contribution in [2.75, 3.05) is 5.75 Å². The van der Waals surface area contributed by atoms with Gasteiger partial charge in [0.25, 0.3) is 5.22 Å². The second-order valence-electron chi connectivity index (χ2n) is 6.22. The molecule has 1 fully saturated rings. The van der Waals surface area contributed by atoms with Crippen molar-refractivity contribution >= 4 is 40.9 Å². The summed E-state index contributed by atoms with van der Waals surface area (Å²) in [6, 6.07) is 5.32. The zero-order chi connectivity index (χ0) is 17.8. The molecule has 1 N–H and O–H groups in total. The van der Waals surface area contributed by atoms with E-state index in [1.54, 1.807) is 18.2 Å². The van der Waals surface area contributed by atoms with Crippen molar-refractivity contribution in [1.29, 1.82) is 0 Å². The molecule has 2 atom stereocenters. The van der Waals surface area contributed by atoms with Crippen LogP contribution in [0.25, 0.3) is 11.5 Å². The molecule has 25 heavy (non-hydrogen) atoms. The highest BCUT2D eigenvalue weighted by molar-refractivity contribution is 7.99. The Morgan fingerprint density at radius 1 is 1.32 bits per heavy atom. The van der Waals surface area contributed by atoms with Crippen LogP contribution in [0.15, 0.2) is 27.8 Å². The first-order chi connectivity index (χ1) is 12.0. The van der Waals surface area contributed by atoms with E-state index in [0.717, 1.165) is 6.42 Å². The van der Waals surface area contributed by atoms with E-state index >= 15 is 0 Å². The monoisotopic (exact) mass is 399 g/mol. The SMILES string of the molecule is C[C@@H]1CCCC[C@@H]1NC(=O)CSc1nnc(-c2ccc(Cl)cc2Cl)o1. The van der Waals surface area contributed by atoms with Crippen molar-refractivity contribution in [3.8, 4) is 11.5 Å². The molecule has 2 aromatic rings. The fourth-order valence-electron chi connectivity index (χ4n) is 2.95. The van der Waals surface area contributed by atoms with E-state index in [9.17, 15) is 4.79 Å². The fraction of sp³-hybridized carbons (Fsp3) is 0.471. The number of amides is 1. The molecule has 1 saturated carbocycles. The standard InChI is InChI=1S/C17H19Cl2N3O2S/c1-10-4-2-3-5-14(10)20-15(23)9-25-17-22-21-16(24-17)12-7-6-11(18)8-13(12)19/h6-8,10,14H,2-5,9H2,1H3,(H,20,23)/t10-,14+/m1/s1.